The standard InChI is InChI=1S/C11H18NO3P/c1-12-11(9-15-16(2,13)14)8-10-6-4-3-5-7-10/h3-7,11-12H,8-9H2,1-2H3,(H,13,14)/t11-/m0/s1. The third-order valence-electron chi connectivity index (χ3n) is 2.25. The minimum absolute atomic E-state index is 0.0443. The summed E-state index contributed by atoms with van der Waals surface area (Å²) in [5.41, 5.74) is 1.18. The van der Waals surface area contributed by atoms with Gasteiger partial charge >= 0.3 is 7.60 Å². The fourth-order valence-electron chi connectivity index (χ4n) is 1.37. The molecular weight excluding hydrogens is 225 g/mol. The summed E-state index contributed by atoms with van der Waals surface area (Å²) in [6, 6.07) is 9.99. The topological polar surface area (TPSA) is 58.6 Å². The number of benzene rings is 1. The molecule has 2 atom stereocenters. The molecule has 1 aromatic rings. The molecule has 4 nitrogen and oxygen atoms in total. The number of rotatable bonds is 6. The van der Waals surface area contributed by atoms with Gasteiger partial charge in [0.1, 0.15) is 0 Å². The van der Waals surface area contributed by atoms with Gasteiger partial charge in [-0.15, -0.1) is 0 Å². The van der Waals surface area contributed by atoms with E-state index in [1.165, 1.54) is 12.2 Å². The van der Waals surface area contributed by atoms with Crippen molar-refractivity contribution < 1.29 is 14.0 Å². The summed E-state index contributed by atoms with van der Waals surface area (Å²) in [5, 5.41) is 3.07. The van der Waals surface area contributed by atoms with E-state index in [1.807, 2.05) is 37.4 Å². The summed E-state index contributed by atoms with van der Waals surface area (Å²) in [7, 11) is -1.56. The second kappa shape index (κ2) is 6.16. The van der Waals surface area contributed by atoms with E-state index in [1.54, 1.807) is 0 Å². The maximum atomic E-state index is 11.0. The number of nitrogens with one attached hydrogen (secondary N) is 1. The zero-order valence-corrected chi connectivity index (χ0v) is 10.5. The lowest BCUT2D eigenvalue weighted by molar-refractivity contribution is 0.234. The predicted molar refractivity (Wildman–Crippen MR) is 64.7 cm³/mol. The molecule has 0 saturated heterocycles. The van der Waals surface area contributed by atoms with Crippen LogP contribution in [0.1, 0.15) is 5.56 Å². The van der Waals surface area contributed by atoms with Crippen molar-refractivity contribution in [3.63, 3.8) is 0 Å². The first-order valence-corrected chi connectivity index (χ1v) is 7.20. The summed E-state index contributed by atoms with van der Waals surface area (Å²) < 4.78 is 15.9. The van der Waals surface area contributed by atoms with Crippen LogP contribution in [0.2, 0.25) is 0 Å². The Morgan fingerprint density at radius 1 is 1.44 bits per heavy atom. The van der Waals surface area contributed by atoms with Crippen LogP contribution in [0, 0.1) is 0 Å². The van der Waals surface area contributed by atoms with E-state index in [-0.39, 0.29) is 12.6 Å². The van der Waals surface area contributed by atoms with E-state index in [4.69, 9.17) is 9.42 Å². The van der Waals surface area contributed by atoms with E-state index in [0.717, 1.165) is 6.42 Å². The Bertz CT molecular complexity index is 350. The van der Waals surface area contributed by atoms with Gasteiger partial charge in [0, 0.05) is 12.7 Å². The molecular formula is C11H18NO3P. The third-order valence-corrected chi connectivity index (χ3v) is 2.88. The molecule has 2 N–H and O–H groups in total. The molecule has 90 valence electrons. The molecule has 5 heteroatoms. The second-order valence-corrected chi connectivity index (χ2v) is 5.64. The van der Waals surface area contributed by atoms with Gasteiger partial charge < -0.3 is 14.7 Å². The van der Waals surface area contributed by atoms with E-state index in [0.29, 0.717) is 0 Å². The van der Waals surface area contributed by atoms with Crippen molar-refractivity contribution >= 4 is 7.60 Å². The molecule has 0 heterocycles. The van der Waals surface area contributed by atoms with E-state index in [9.17, 15) is 4.57 Å². The summed E-state index contributed by atoms with van der Waals surface area (Å²) in [6.07, 6.45) is 0.775. The van der Waals surface area contributed by atoms with Crippen LogP contribution in [0.5, 0.6) is 0 Å². The Balaban J connectivity index is 2.47. The van der Waals surface area contributed by atoms with Gasteiger partial charge in [0.2, 0.25) is 0 Å². The Hall–Kier alpha value is -0.670. The molecule has 0 aromatic heterocycles. The van der Waals surface area contributed by atoms with Gasteiger partial charge in [-0.1, -0.05) is 30.3 Å². The summed E-state index contributed by atoms with van der Waals surface area (Å²) in [5.74, 6) is 0. The van der Waals surface area contributed by atoms with E-state index < -0.39 is 7.60 Å². The van der Waals surface area contributed by atoms with Crippen molar-refractivity contribution in [1.82, 2.24) is 5.32 Å². The minimum atomic E-state index is -3.38. The third kappa shape index (κ3) is 5.42. The van der Waals surface area contributed by atoms with Crippen LogP contribution >= 0.6 is 7.60 Å². The van der Waals surface area contributed by atoms with Crippen molar-refractivity contribution in [3.8, 4) is 0 Å². The molecule has 1 rings (SSSR count). The van der Waals surface area contributed by atoms with E-state index in [2.05, 4.69) is 5.32 Å². The van der Waals surface area contributed by atoms with Crippen LogP contribution in [0.3, 0.4) is 0 Å². The van der Waals surface area contributed by atoms with Crippen LogP contribution in [0.25, 0.3) is 0 Å². The van der Waals surface area contributed by atoms with Crippen molar-refractivity contribution in [1.29, 1.82) is 0 Å². The highest BCUT2D eigenvalue weighted by Gasteiger charge is 2.14. The Morgan fingerprint density at radius 3 is 2.56 bits per heavy atom. The molecule has 16 heavy (non-hydrogen) atoms. The molecule has 0 fully saturated rings. The molecule has 0 aliphatic heterocycles. The maximum Gasteiger partial charge on any atom is 0.325 e. The lowest BCUT2D eigenvalue weighted by Crippen LogP contribution is -2.32. The lowest BCUT2D eigenvalue weighted by atomic mass is 10.1. The minimum Gasteiger partial charge on any atom is -0.324 e. The van der Waals surface area contributed by atoms with Crippen molar-refractivity contribution in [2.45, 2.75) is 12.5 Å². The van der Waals surface area contributed by atoms with Crippen LogP contribution in [-0.4, -0.2) is 31.3 Å². The van der Waals surface area contributed by atoms with Crippen LogP contribution < -0.4 is 5.32 Å². The van der Waals surface area contributed by atoms with Crippen molar-refractivity contribution in [3.05, 3.63) is 35.9 Å². The number of hydrogen-bond donors (Lipinski definition) is 2. The smallest absolute Gasteiger partial charge is 0.324 e. The van der Waals surface area contributed by atoms with Gasteiger partial charge in [-0.2, -0.15) is 0 Å². The van der Waals surface area contributed by atoms with Crippen LogP contribution in [-0.2, 0) is 15.5 Å². The van der Waals surface area contributed by atoms with Gasteiger partial charge in [0.05, 0.1) is 6.61 Å². The number of likely N-dealkylation sites (N-methyl/N-ethyl adjacent to an activating group) is 1. The fraction of sp³-hybridized carbons (Fsp3) is 0.455. The molecule has 0 aliphatic rings. The quantitative estimate of drug-likeness (QED) is 0.746. The summed E-state index contributed by atoms with van der Waals surface area (Å²) in [6.45, 7) is 1.43. The molecule has 0 amide bonds. The van der Waals surface area contributed by atoms with Gasteiger partial charge in [-0.05, 0) is 19.0 Å². The fourth-order valence-corrected chi connectivity index (χ4v) is 1.83. The SMILES string of the molecule is CN[C@H](COP(C)(=O)O)Cc1ccccc1. The second-order valence-electron chi connectivity index (χ2n) is 3.77. The lowest BCUT2D eigenvalue weighted by Gasteiger charge is -2.17. The van der Waals surface area contributed by atoms with Gasteiger partial charge in [0.15, 0.2) is 0 Å². The largest absolute Gasteiger partial charge is 0.325 e. The molecule has 0 aliphatic carbocycles. The predicted octanol–water partition coefficient (Wildman–Crippen LogP) is 1.65. The van der Waals surface area contributed by atoms with E-state index >= 15 is 0 Å². The first-order chi connectivity index (χ1) is 7.51. The van der Waals surface area contributed by atoms with Crippen molar-refractivity contribution in [2.24, 2.45) is 0 Å². The highest BCUT2D eigenvalue weighted by atomic mass is 31.2. The van der Waals surface area contributed by atoms with Crippen molar-refractivity contribution in [2.75, 3.05) is 20.3 Å². The molecule has 0 saturated carbocycles. The average Bonchev–Trinajstić information content (AvgIpc) is 2.24. The summed E-state index contributed by atoms with van der Waals surface area (Å²) in [4.78, 5) is 9.03. The Morgan fingerprint density at radius 2 is 2.06 bits per heavy atom. The van der Waals surface area contributed by atoms with Gasteiger partial charge in [0.25, 0.3) is 0 Å². The average molecular weight is 243 g/mol. The maximum absolute atomic E-state index is 11.0. The normalized spacial score (nSPS) is 16.7. The number of hydrogen-bond acceptors (Lipinski definition) is 3. The first-order valence-electron chi connectivity index (χ1n) is 5.17. The highest BCUT2D eigenvalue weighted by Crippen LogP contribution is 2.36. The zero-order valence-electron chi connectivity index (χ0n) is 9.59. The molecule has 0 radical (unpaired) electrons. The highest BCUT2D eigenvalue weighted by molar-refractivity contribution is 7.51. The van der Waals surface area contributed by atoms with Crippen LogP contribution in [0.4, 0.5) is 0 Å². The van der Waals surface area contributed by atoms with Gasteiger partial charge in [-0.3, -0.25) is 4.57 Å². The molecule has 0 bridgehead atoms. The molecule has 1 unspecified atom stereocenters. The Kier molecular flexibility index (Phi) is 5.16. The Labute approximate surface area is 96.2 Å². The molecule has 1 aromatic carbocycles. The molecule has 0 spiro atoms. The van der Waals surface area contributed by atoms with Crippen LogP contribution in [0.15, 0.2) is 30.3 Å². The zero-order chi connectivity index (χ0) is 12.0. The summed E-state index contributed by atoms with van der Waals surface area (Å²) >= 11 is 0. The first kappa shape index (κ1) is 13.4. The monoisotopic (exact) mass is 243 g/mol. The van der Waals surface area contributed by atoms with Gasteiger partial charge in [-0.25, -0.2) is 0 Å².